The van der Waals surface area contributed by atoms with Gasteiger partial charge < -0.3 is 18.5 Å². The lowest BCUT2D eigenvalue weighted by atomic mass is 10.1. The summed E-state index contributed by atoms with van der Waals surface area (Å²) >= 11 is 0. The molecule has 0 atom stereocenters. The van der Waals surface area contributed by atoms with Gasteiger partial charge in [-0.3, -0.25) is 4.57 Å². The van der Waals surface area contributed by atoms with Crippen LogP contribution in [0.3, 0.4) is 0 Å². The summed E-state index contributed by atoms with van der Waals surface area (Å²) in [4.78, 5) is 0. The summed E-state index contributed by atoms with van der Waals surface area (Å²) in [5.74, 6) is 0. The quantitative estimate of drug-likeness (QED) is 0.200. The predicted octanol–water partition coefficient (Wildman–Crippen LogP) is 6.69. The van der Waals surface area contributed by atoms with Gasteiger partial charge >= 0.3 is 7.60 Å². The van der Waals surface area contributed by atoms with Crippen molar-refractivity contribution in [3.63, 3.8) is 0 Å². The van der Waals surface area contributed by atoms with Crippen LogP contribution in [0.4, 0.5) is 0 Å². The Kier molecular flexibility index (Phi) is 10.5. The number of ether oxygens (including phenoxy) is 2. The summed E-state index contributed by atoms with van der Waals surface area (Å²) in [6.07, 6.45) is 4.06. The van der Waals surface area contributed by atoms with Crippen molar-refractivity contribution in [3.05, 3.63) is 70.8 Å². The molecule has 0 radical (unpaired) electrons. The fraction of sp³-hybridized carbons (Fsp3) is 0.417. The Morgan fingerprint density at radius 1 is 0.733 bits per heavy atom. The monoisotopic (exact) mass is 432 g/mol. The van der Waals surface area contributed by atoms with Crippen LogP contribution in [0.15, 0.2) is 48.5 Å². The minimum absolute atomic E-state index is 0.279. The molecule has 164 valence electrons. The average Bonchev–Trinajstić information content (AvgIpc) is 2.74. The van der Waals surface area contributed by atoms with Gasteiger partial charge in [-0.25, -0.2) is 0 Å². The lowest BCUT2D eigenvalue weighted by Crippen LogP contribution is -2.08. The van der Waals surface area contributed by atoms with E-state index in [1.807, 2.05) is 82.3 Å². The maximum Gasteiger partial charge on any atom is 0.335 e. The molecule has 0 fully saturated rings. The van der Waals surface area contributed by atoms with Crippen molar-refractivity contribution < 1.29 is 23.1 Å². The molecule has 5 nitrogen and oxygen atoms in total. The van der Waals surface area contributed by atoms with E-state index in [1.165, 1.54) is 0 Å². The number of hydrogen-bond acceptors (Lipinski definition) is 5. The second-order valence-electron chi connectivity index (χ2n) is 6.59. The molecule has 0 aliphatic rings. The molecule has 0 spiro atoms. The van der Waals surface area contributed by atoms with Crippen molar-refractivity contribution in [2.24, 2.45) is 0 Å². The molecule has 2 aromatic carbocycles. The number of hydrogen-bond donors (Lipinski definition) is 0. The van der Waals surface area contributed by atoms with Crippen molar-refractivity contribution >= 4 is 19.7 Å². The maximum absolute atomic E-state index is 12.7. The highest BCUT2D eigenvalue weighted by Crippen LogP contribution is 2.51. The van der Waals surface area contributed by atoms with Gasteiger partial charge in [0.05, 0.1) is 19.4 Å². The molecular weight excluding hydrogens is 399 g/mol. The minimum atomic E-state index is -3.08. The lowest BCUT2D eigenvalue weighted by Gasteiger charge is -2.17. The molecule has 0 amide bonds. The van der Waals surface area contributed by atoms with Crippen molar-refractivity contribution in [2.75, 3.05) is 26.4 Å². The second-order valence-corrected chi connectivity index (χ2v) is 8.64. The lowest BCUT2D eigenvalue weighted by molar-refractivity contribution is -0.140. The van der Waals surface area contributed by atoms with Crippen LogP contribution in [0, 0.1) is 0 Å². The Labute approximate surface area is 180 Å². The van der Waals surface area contributed by atoms with Gasteiger partial charge in [-0.15, -0.1) is 0 Å². The van der Waals surface area contributed by atoms with Crippen LogP contribution >= 0.6 is 7.60 Å². The molecule has 0 heterocycles. The topological polar surface area (TPSA) is 54.0 Å². The van der Waals surface area contributed by atoms with Crippen LogP contribution in [0.25, 0.3) is 12.2 Å². The Bertz CT molecular complexity index is 798. The largest absolute Gasteiger partial charge is 0.349 e. The highest BCUT2D eigenvalue weighted by molar-refractivity contribution is 7.53. The van der Waals surface area contributed by atoms with Gasteiger partial charge in [-0.05, 0) is 44.4 Å². The second kappa shape index (κ2) is 12.8. The van der Waals surface area contributed by atoms with E-state index >= 15 is 0 Å². The molecule has 0 aliphatic carbocycles. The Balaban J connectivity index is 2.02. The zero-order valence-electron chi connectivity index (χ0n) is 18.4. The van der Waals surface area contributed by atoms with Crippen LogP contribution in [0.5, 0.6) is 0 Å². The van der Waals surface area contributed by atoms with Gasteiger partial charge in [0.1, 0.15) is 0 Å². The average molecular weight is 432 g/mol. The molecule has 2 aromatic rings. The first-order valence-corrected chi connectivity index (χ1v) is 12.2. The molecule has 0 unspecified atom stereocenters. The summed E-state index contributed by atoms with van der Waals surface area (Å²) < 4.78 is 34.7. The highest BCUT2D eigenvalue weighted by atomic mass is 31.2. The summed E-state index contributed by atoms with van der Waals surface area (Å²) in [7, 11) is -3.08. The molecule has 0 saturated heterocycles. The molecule has 0 N–H and O–H groups in total. The normalized spacial score (nSPS) is 12.2. The van der Waals surface area contributed by atoms with Gasteiger partial charge in [0.2, 0.25) is 0 Å². The predicted molar refractivity (Wildman–Crippen MR) is 122 cm³/mol. The first-order chi connectivity index (χ1) is 14.5. The SMILES string of the molecule is CCOC(OCC)c1ccc(/C=C/c2ccc(CP(=O)(OCC)OCC)cc2)cc1. The van der Waals surface area contributed by atoms with E-state index in [2.05, 4.69) is 6.08 Å². The van der Waals surface area contributed by atoms with Gasteiger partial charge in [0, 0.05) is 18.8 Å². The Hall–Kier alpha value is -1.75. The Morgan fingerprint density at radius 2 is 1.20 bits per heavy atom. The number of rotatable bonds is 13. The van der Waals surface area contributed by atoms with Crippen LogP contribution in [-0.2, 0) is 29.2 Å². The first kappa shape index (κ1) is 24.5. The third kappa shape index (κ3) is 7.82. The third-order valence-electron chi connectivity index (χ3n) is 4.32. The first-order valence-electron chi connectivity index (χ1n) is 10.5. The molecule has 0 aromatic heterocycles. The zero-order valence-corrected chi connectivity index (χ0v) is 19.3. The standard InChI is InChI=1S/C24H33O5P/c1-5-26-24(27-6-2)23-17-15-21(16-18-23)10-9-20-11-13-22(14-12-20)19-30(25,28-7-3)29-8-4/h9-18,24H,5-8,19H2,1-4H3/b10-9+. The van der Waals surface area contributed by atoms with E-state index in [0.29, 0.717) is 26.4 Å². The summed E-state index contributed by atoms with van der Waals surface area (Å²) in [5, 5.41) is 0. The van der Waals surface area contributed by atoms with Crippen LogP contribution in [0.2, 0.25) is 0 Å². The minimum Gasteiger partial charge on any atom is -0.349 e. The molecule has 6 heteroatoms. The van der Waals surface area contributed by atoms with Crippen LogP contribution in [0.1, 0.15) is 56.2 Å². The summed E-state index contributed by atoms with van der Waals surface area (Å²) in [6.45, 7) is 9.50. The molecule has 0 bridgehead atoms. The maximum atomic E-state index is 12.7. The van der Waals surface area contributed by atoms with Gasteiger partial charge in [-0.1, -0.05) is 60.7 Å². The summed E-state index contributed by atoms with van der Waals surface area (Å²) in [6, 6.07) is 16.1. The van der Waals surface area contributed by atoms with E-state index in [4.69, 9.17) is 18.5 Å². The molecule has 30 heavy (non-hydrogen) atoms. The van der Waals surface area contributed by atoms with Crippen molar-refractivity contribution in [2.45, 2.75) is 40.1 Å². The van der Waals surface area contributed by atoms with Gasteiger partial charge in [0.25, 0.3) is 0 Å². The third-order valence-corrected chi connectivity index (χ3v) is 6.38. The van der Waals surface area contributed by atoms with Crippen molar-refractivity contribution in [1.29, 1.82) is 0 Å². The van der Waals surface area contributed by atoms with E-state index in [9.17, 15) is 4.57 Å². The van der Waals surface area contributed by atoms with Crippen LogP contribution in [-0.4, -0.2) is 26.4 Å². The van der Waals surface area contributed by atoms with E-state index < -0.39 is 7.60 Å². The highest BCUT2D eigenvalue weighted by Gasteiger charge is 2.23. The van der Waals surface area contributed by atoms with Gasteiger partial charge in [0.15, 0.2) is 6.29 Å². The van der Waals surface area contributed by atoms with E-state index in [1.54, 1.807) is 0 Å². The van der Waals surface area contributed by atoms with E-state index in [-0.39, 0.29) is 12.5 Å². The fourth-order valence-corrected chi connectivity index (χ4v) is 4.68. The number of benzene rings is 2. The van der Waals surface area contributed by atoms with Crippen molar-refractivity contribution in [3.8, 4) is 0 Å². The molecule has 0 aliphatic heterocycles. The van der Waals surface area contributed by atoms with E-state index in [0.717, 1.165) is 22.3 Å². The van der Waals surface area contributed by atoms with Crippen molar-refractivity contribution in [1.82, 2.24) is 0 Å². The fourth-order valence-electron chi connectivity index (χ4n) is 2.98. The smallest absolute Gasteiger partial charge is 0.335 e. The summed E-state index contributed by atoms with van der Waals surface area (Å²) in [5.41, 5.74) is 4.09. The molecule has 0 saturated carbocycles. The van der Waals surface area contributed by atoms with Gasteiger partial charge in [-0.2, -0.15) is 0 Å². The zero-order chi connectivity index (χ0) is 21.8. The molecule has 2 rings (SSSR count). The molecular formula is C24H33O5P. The Morgan fingerprint density at radius 3 is 1.63 bits per heavy atom. The van der Waals surface area contributed by atoms with Crippen LogP contribution < -0.4 is 0 Å².